The molecule has 1 fully saturated rings. The van der Waals surface area contributed by atoms with Crippen LogP contribution in [0.1, 0.15) is 23.7 Å². The van der Waals surface area contributed by atoms with E-state index in [0.717, 1.165) is 13.0 Å². The smallest absolute Gasteiger partial charge is 0.337 e. The first-order valence-corrected chi connectivity index (χ1v) is 5.98. The van der Waals surface area contributed by atoms with Gasteiger partial charge in [-0.2, -0.15) is 0 Å². The molecular weight excluding hydrogens is 248 g/mol. The summed E-state index contributed by atoms with van der Waals surface area (Å²) in [4.78, 5) is 28.1. The third-order valence-electron chi connectivity index (χ3n) is 3.07. The van der Waals surface area contributed by atoms with E-state index in [0.29, 0.717) is 12.4 Å². The van der Waals surface area contributed by atoms with E-state index >= 15 is 0 Å². The number of nitrogens with one attached hydrogen (secondary N) is 1. The molecule has 0 aliphatic carbocycles. The molecule has 2 heterocycles. The first kappa shape index (κ1) is 13.1. The van der Waals surface area contributed by atoms with Crippen molar-refractivity contribution >= 4 is 23.4 Å². The van der Waals surface area contributed by atoms with Crippen molar-refractivity contribution in [3.63, 3.8) is 0 Å². The van der Waals surface area contributed by atoms with Gasteiger partial charge in [0.1, 0.15) is 5.82 Å². The lowest BCUT2D eigenvalue weighted by molar-refractivity contribution is -0.119. The van der Waals surface area contributed by atoms with Crippen LogP contribution in [0.5, 0.6) is 0 Å². The number of carbonyl (C=O) groups is 2. The minimum absolute atomic E-state index is 0.0491. The molecule has 0 aromatic carbocycles. The second-order valence-corrected chi connectivity index (χ2v) is 4.57. The molecule has 1 atom stereocenters. The highest BCUT2D eigenvalue weighted by molar-refractivity contribution is 5.94. The minimum atomic E-state index is -1.07. The number of nitrogens with zero attached hydrogens (tertiary/aromatic N) is 2. The van der Waals surface area contributed by atoms with E-state index in [1.807, 2.05) is 4.90 Å². The maximum atomic E-state index is 11.0. The van der Waals surface area contributed by atoms with E-state index in [2.05, 4.69) is 10.3 Å². The van der Waals surface area contributed by atoms with Crippen LogP contribution in [-0.2, 0) is 4.79 Å². The standard InChI is InChI=1S/C12H16N4O3/c1-7(17)15-8-2-3-16(6-8)11-4-9(12(18)19)10(13)5-14-11/h4-5,8H,2-3,6,13H2,1H3,(H,15,17)(H,18,19). The zero-order valence-corrected chi connectivity index (χ0v) is 10.6. The average Bonchev–Trinajstić information content (AvgIpc) is 2.76. The molecular formula is C12H16N4O3. The highest BCUT2D eigenvalue weighted by Gasteiger charge is 2.24. The Morgan fingerprint density at radius 3 is 2.95 bits per heavy atom. The molecule has 4 N–H and O–H groups in total. The molecule has 7 heteroatoms. The molecule has 0 saturated carbocycles. The average molecular weight is 264 g/mol. The van der Waals surface area contributed by atoms with Crippen LogP contribution < -0.4 is 16.0 Å². The summed E-state index contributed by atoms with van der Waals surface area (Å²) in [5.74, 6) is -0.568. The summed E-state index contributed by atoms with van der Waals surface area (Å²) >= 11 is 0. The summed E-state index contributed by atoms with van der Waals surface area (Å²) in [5, 5.41) is 11.9. The van der Waals surface area contributed by atoms with Gasteiger partial charge in [-0.1, -0.05) is 0 Å². The number of hydrogen-bond donors (Lipinski definition) is 3. The van der Waals surface area contributed by atoms with Crippen LogP contribution in [0.3, 0.4) is 0 Å². The Morgan fingerprint density at radius 1 is 1.58 bits per heavy atom. The molecule has 102 valence electrons. The van der Waals surface area contributed by atoms with Gasteiger partial charge in [0.05, 0.1) is 17.4 Å². The van der Waals surface area contributed by atoms with E-state index in [9.17, 15) is 9.59 Å². The normalized spacial score (nSPS) is 18.4. The quantitative estimate of drug-likeness (QED) is 0.713. The zero-order valence-electron chi connectivity index (χ0n) is 10.6. The number of pyridine rings is 1. The number of carboxylic acid groups (broad SMARTS) is 1. The molecule has 0 spiro atoms. The number of rotatable bonds is 3. The lowest BCUT2D eigenvalue weighted by atomic mass is 10.2. The molecule has 2 rings (SSSR count). The third-order valence-corrected chi connectivity index (χ3v) is 3.07. The lowest BCUT2D eigenvalue weighted by Crippen LogP contribution is -2.35. The molecule has 1 aromatic heterocycles. The number of carboxylic acids is 1. The van der Waals surface area contributed by atoms with Gasteiger partial charge in [0.15, 0.2) is 0 Å². The molecule has 19 heavy (non-hydrogen) atoms. The Balaban J connectivity index is 2.13. The van der Waals surface area contributed by atoms with Gasteiger partial charge >= 0.3 is 5.97 Å². The maximum absolute atomic E-state index is 11.0. The van der Waals surface area contributed by atoms with Crippen molar-refractivity contribution in [1.82, 2.24) is 10.3 Å². The van der Waals surface area contributed by atoms with Crippen molar-refractivity contribution in [3.05, 3.63) is 17.8 Å². The number of aromatic carboxylic acids is 1. The number of nitrogen functional groups attached to an aromatic ring is 1. The lowest BCUT2D eigenvalue weighted by Gasteiger charge is -2.18. The van der Waals surface area contributed by atoms with Gasteiger partial charge in [-0.15, -0.1) is 0 Å². The summed E-state index contributed by atoms with van der Waals surface area (Å²) in [7, 11) is 0. The Bertz CT molecular complexity index is 518. The van der Waals surface area contributed by atoms with Gasteiger partial charge in [-0.3, -0.25) is 4.79 Å². The Labute approximate surface area is 110 Å². The molecule has 1 aliphatic heterocycles. The topological polar surface area (TPSA) is 109 Å². The van der Waals surface area contributed by atoms with Gasteiger partial charge in [-0.25, -0.2) is 9.78 Å². The Hall–Kier alpha value is -2.31. The highest BCUT2D eigenvalue weighted by atomic mass is 16.4. The van der Waals surface area contributed by atoms with Crippen molar-refractivity contribution in [3.8, 4) is 0 Å². The summed E-state index contributed by atoms with van der Waals surface area (Å²) in [6, 6.07) is 1.54. The van der Waals surface area contributed by atoms with Crippen molar-refractivity contribution in [2.24, 2.45) is 0 Å². The largest absolute Gasteiger partial charge is 0.478 e. The van der Waals surface area contributed by atoms with Crippen LogP contribution in [0.25, 0.3) is 0 Å². The number of carbonyl (C=O) groups excluding carboxylic acids is 1. The van der Waals surface area contributed by atoms with Crippen molar-refractivity contribution in [2.45, 2.75) is 19.4 Å². The van der Waals surface area contributed by atoms with Crippen LogP contribution in [0.4, 0.5) is 11.5 Å². The molecule has 0 radical (unpaired) electrons. The predicted molar refractivity (Wildman–Crippen MR) is 70.0 cm³/mol. The fourth-order valence-electron chi connectivity index (χ4n) is 2.19. The van der Waals surface area contributed by atoms with Gasteiger partial charge < -0.3 is 21.1 Å². The fourth-order valence-corrected chi connectivity index (χ4v) is 2.19. The molecule has 1 saturated heterocycles. The first-order valence-electron chi connectivity index (χ1n) is 5.98. The second kappa shape index (κ2) is 5.13. The third kappa shape index (κ3) is 2.93. The van der Waals surface area contributed by atoms with Crippen molar-refractivity contribution in [1.29, 1.82) is 0 Å². The maximum Gasteiger partial charge on any atom is 0.337 e. The van der Waals surface area contributed by atoms with Crippen molar-refractivity contribution < 1.29 is 14.7 Å². The highest BCUT2D eigenvalue weighted by Crippen LogP contribution is 2.22. The van der Waals surface area contributed by atoms with E-state index in [4.69, 9.17) is 10.8 Å². The number of nitrogens with two attached hydrogens (primary N) is 1. The summed E-state index contributed by atoms with van der Waals surface area (Å²) in [5.41, 5.74) is 5.76. The predicted octanol–water partition coefficient (Wildman–Crippen LogP) is 0.0768. The monoisotopic (exact) mass is 264 g/mol. The molecule has 1 aliphatic rings. The molecule has 1 amide bonds. The molecule has 7 nitrogen and oxygen atoms in total. The zero-order chi connectivity index (χ0) is 14.0. The van der Waals surface area contributed by atoms with Crippen LogP contribution in [0.2, 0.25) is 0 Å². The number of hydrogen-bond acceptors (Lipinski definition) is 5. The summed E-state index contributed by atoms with van der Waals surface area (Å²) in [6.07, 6.45) is 2.17. The van der Waals surface area contributed by atoms with E-state index < -0.39 is 5.97 Å². The van der Waals surface area contributed by atoms with Crippen LogP contribution in [-0.4, -0.2) is 41.1 Å². The Kier molecular flexibility index (Phi) is 3.55. The first-order chi connectivity index (χ1) is 8.97. The number of amides is 1. The van der Waals surface area contributed by atoms with Gasteiger partial charge in [0.2, 0.25) is 5.91 Å². The second-order valence-electron chi connectivity index (χ2n) is 4.57. The SMILES string of the molecule is CC(=O)NC1CCN(c2cc(C(=O)O)c(N)cn2)C1. The molecule has 1 unspecified atom stereocenters. The molecule has 1 aromatic rings. The minimum Gasteiger partial charge on any atom is -0.478 e. The Morgan fingerprint density at radius 2 is 2.32 bits per heavy atom. The number of anilines is 2. The van der Waals surface area contributed by atoms with E-state index in [-0.39, 0.29) is 23.2 Å². The molecule has 0 bridgehead atoms. The summed E-state index contributed by atoms with van der Waals surface area (Å²) < 4.78 is 0. The van der Waals surface area contributed by atoms with Gasteiger partial charge in [0.25, 0.3) is 0 Å². The number of aromatic nitrogens is 1. The van der Waals surface area contributed by atoms with Crippen LogP contribution in [0, 0.1) is 0 Å². The fraction of sp³-hybridized carbons (Fsp3) is 0.417. The summed E-state index contributed by atoms with van der Waals surface area (Å²) in [6.45, 7) is 2.82. The van der Waals surface area contributed by atoms with Crippen LogP contribution in [0.15, 0.2) is 12.3 Å². The van der Waals surface area contributed by atoms with Gasteiger partial charge in [-0.05, 0) is 12.5 Å². The van der Waals surface area contributed by atoms with E-state index in [1.54, 1.807) is 0 Å². The van der Waals surface area contributed by atoms with Gasteiger partial charge in [0, 0.05) is 26.1 Å². The van der Waals surface area contributed by atoms with Crippen molar-refractivity contribution in [2.75, 3.05) is 23.7 Å². The van der Waals surface area contributed by atoms with Crippen LogP contribution >= 0.6 is 0 Å². The van der Waals surface area contributed by atoms with E-state index in [1.165, 1.54) is 19.2 Å².